The van der Waals surface area contributed by atoms with Gasteiger partial charge in [0.25, 0.3) is 0 Å². The first-order valence-electron chi connectivity index (χ1n) is 7.18. The summed E-state index contributed by atoms with van der Waals surface area (Å²) in [5, 5.41) is 0.578. The molecule has 1 atom stereocenters. The van der Waals surface area contributed by atoms with E-state index in [4.69, 9.17) is 17.3 Å². The van der Waals surface area contributed by atoms with Gasteiger partial charge in [0.1, 0.15) is 12.6 Å². The van der Waals surface area contributed by atoms with Gasteiger partial charge in [-0.3, -0.25) is 9.59 Å². The van der Waals surface area contributed by atoms with Crippen molar-refractivity contribution in [3.63, 3.8) is 0 Å². The second-order valence-electron chi connectivity index (χ2n) is 5.64. The number of fused-ring (bicyclic) bond motifs is 1. The van der Waals surface area contributed by atoms with Gasteiger partial charge in [-0.25, -0.2) is 0 Å². The first-order chi connectivity index (χ1) is 10.1. The van der Waals surface area contributed by atoms with E-state index in [-0.39, 0.29) is 24.4 Å². The van der Waals surface area contributed by atoms with Crippen LogP contribution in [0.15, 0.2) is 18.2 Å². The third-order valence-corrected chi connectivity index (χ3v) is 4.45. The lowest BCUT2D eigenvalue weighted by Gasteiger charge is -2.42. The molecule has 2 heterocycles. The molecule has 5 nitrogen and oxygen atoms in total. The number of piperazine rings is 1. The Morgan fingerprint density at radius 3 is 2.90 bits per heavy atom. The van der Waals surface area contributed by atoms with Crippen LogP contribution in [-0.2, 0) is 16.1 Å². The summed E-state index contributed by atoms with van der Waals surface area (Å²) in [4.78, 5) is 28.1. The molecule has 2 N–H and O–H groups in total. The zero-order chi connectivity index (χ0) is 15.0. The van der Waals surface area contributed by atoms with Gasteiger partial charge in [-0.05, 0) is 43.0 Å². The maximum atomic E-state index is 12.6. The van der Waals surface area contributed by atoms with E-state index in [2.05, 4.69) is 0 Å². The molecule has 6 heteroatoms. The summed E-state index contributed by atoms with van der Waals surface area (Å²) in [5.74, 6) is 0.0496. The van der Waals surface area contributed by atoms with Gasteiger partial charge >= 0.3 is 0 Å². The number of carbonyl (C=O) groups is 2. The van der Waals surface area contributed by atoms with Crippen molar-refractivity contribution >= 4 is 29.1 Å². The van der Waals surface area contributed by atoms with Gasteiger partial charge in [-0.15, -0.1) is 0 Å². The molecule has 1 aromatic carbocycles. The molecule has 0 saturated carbocycles. The molecule has 0 aliphatic carbocycles. The molecule has 2 aliphatic rings. The van der Waals surface area contributed by atoms with Crippen LogP contribution < -0.4 is 5.73 Å². The Balaban J connectivity index is 1.81. The van der Waals surface area contributed by atoms with E-state index in [0.717, 1.165) is 24.8 Å². The molecule has 0 aromatic heterocycles. The van der Waals surface area contributed by atoms with Crippen LogP contribution in [0, 0.1) is 0 Å². The Morgan fingerprint density at radius 1 is 1.29 bits per heavy atom. The van der Waals surface area contributed by atoms with Gasteiger partial charge in [-0.1, -0.05) is 11.6 Å². The van der Waals surface area contributed by atoms with Gasteiger partial charge in [0.05, 0.1) is 0 Å². The number of benzene rings is 1. The van der Waals surface area contributed by atoms with Gasteiger partial charge in [0.15, 0.2) is 0 Å². The summed E-state index contributed by atoms with van der Waals surface area (Å²) in [6.07, 6.45) is 2.73. The number of hydrogen-bond donors (Lipinski definition) is 1. The lowest BCUT2D eigenvalue weighted by molar-refractivity contribution is -0.158. The van der Waals surface area contributed by atoms with Crippen molar-refractivity contribution in [1.82, 2.24) is 9.80 Å². The Kier molecular flexibility index (Phi) is 3.76. The average Bonchev–Trinajstić information content (AvgIpc) is 2.48. The zero-order valence-corrected chi connectivity index (χ0v) is 12.5. The van der Waals surface area contributed by atoms with Crippen LogP contribution in [-0.4, -0.2) is 40.7 Å². The van der Waals surface area contributed by atoms with Crippen LogP contribution in [0.4, 0.5) is 5.69 Å². The molecule has 0 radical (unpaired) electrons. The predicted octanol–water partition coefficient (Wildman–Crippen LogP) is 1.65. The van der Waals surface area contributed by atoms with E-state index in [1.54, 1.807) is 28.0 Å². The maximum Gasteiger partial charge on any atom is 0.246 e. The number of carbonyl (C=O) groups excluding carboxylic acids is 2. The molecule has 2 amide bonds. The van der Waals surface area contributed by atoms with Gasteiger partial charge in [0, 0.05) is 23.8 Å². The Morgan fingerprint density at radius 2 is 2.10 bits per heavy atom. The molecule has 3 rings (SSSR count). The average molecular weight is 308 g/mol. The van der Waals surface area contributed by atoms with Crippen LogP contribution in [0.2, 0.25) is 5.02 Å². The topological polar surface area (TPSA) is 66.6 Å². The van der Waals surface area contributed by atoms with E-state index < -0.39 is 0 Å². The fourth-order valence-electron chi connectivity index (χ4n) is 3.08. The quantitative estimate of drug-likeness (QED) is 0.845. The SMILES string of the molecule is Nc1ccc(Cl)cc1CN1CC(=O)N2CCCCC2C1=O. The van der Waals surface area contributed by atoms with E-state index in [1.165, 1.54) is 0 Å². The standard InChI is InChI=1S/C15H18ClN3O2/c16-11-4-5-12(17)10(7-11)8-18-9-14(20)19-6-2-1-3-13(19)15(18)21/h4-5,7,13H,1-3,6,8-9,17H2. The number of anilines is 1. The van der Waals surface area contributed by atoms with Crippen molar-refractivity contribution in [2.24, 2.45) is 0 Å². The highest BCUT2D eigenvalue weighted by atomic mass is 35.5. The van der Waals surface area contributed by atoms with E-state index >= 15 is 0 Å². The highest BCUT2D eigenvalue weighted by Crippen LogP contribution is 2.26. The number of hydrogen-bond acceptors (Lipinski definition) is 3. The van der Waals surface area contributed by atoms with Crippen LogP contribution in [0.1, 0.15) is 24.8 Å². The number of nitrogen functional groups attached to an aromatic ring is 1. The van der Waals surface area contributed by atoms with Crippen LogP contribution in [0.3, 0.4) is 0 Å². The second-order valence-corrected chi connectivity index (χ2v) is 6.07. The highest BCUT2D eigenvalue weighted by Gasteiger charge is 2.40. The van der Waals surface area contributed by atoms with E-state index in [0.29, 0.717) is 23.8 Å². The van der Waals surface area contributed by atoms with Crippen LogP contribution >= 0.6 is 11.6 Å². The number of amides is 2. The molecule has 2 fully saturated rings. The minimum absolute atomic E-state index is 0.0219. The Hall–Kier alpha value is -1.75. The molecule has 2 saturated heterocycles. The molecule has 21 heavy (non-hydrogen) atoms. The van der Waals surface area contributed by atoms with Crippen molar-refractivity contribution in [2.45, 2.75) is 31.8 Å². The lowest BCUT2D eigenvalue weighted by atomic mass is 9.98. The van der Waals surface area contributed by atoms with E-state index in [9.17, 15) is 9.59 Å². The molecule has 1 unspecified atom stereocenters. The third-order valence-electron chi connectivity index (χ3n) is 4.21. The second kappa shape index (κ2) is 5.56. The lowest BCUT2D eigenvalue weighted by Crippen LogP contribution is -2.60. The monoisotopic (exact) mass is 307 g/mol. The van der Waals surface area contributed by atoms with Crippen molar-refractivity contribution in [3.8, 4) is 0 Å². The smallest absolute Gasteiger partial charge is 0.246 e. The van der Waals surface area contributed by atoms with Gasteiger partial charge in [0.2, 0.25) is 11.8 Å². The number of nitrogens with zero attached hydrogens (tertiary/aromatic N) is 2. The number of piperidine rings is 1. The molecular formula is C15H18ClN3O2. The first kappa shape index (κ1) is 14.2. The summed E-state index contributed by atoms with van der Waals surface area (Å²) in [5.41, 5.74) is 7.30. The molecule has 1 aromatic rings. The Bertz CT molecular complexity index is 590. The summed E-state index contributed by atoms with van der Waals surface area (Å²) in [6, 6.07) is 4.90. The zero-order valence-electron chi connectivity index (χ0n) is 11.7. The Labute approximate surface area is 128 Å². The van der Waals surface area contributed by atoms with Crippen molar-refractivity contribution in [3.05, 3.63) is 28.8 Å². The predicted molar refractivity (Wildman–Crippen MR) is 80.6 cm³/mol. The minimum atomic E-state index is -0.291. The van der Waals surface area contributed by atoms with Crippen molar-refractivity contribution in [2.75, 3.05) is 18.8 Å². The summed E-state index contributed by atoms with van der Waals surface area (Å²) >= 11 is 5.98. The number of rotatable bonds is 2. The largest absolute Gasteiger partial charge is 0.398 e. The first-order valence-corrected chi connectivity index (χ1v) is 7.56. The summed E-state index contributed by atoms with van der Waals surface area (Å²) < 4.78 is 0. The molecule has 0 bridgehead atoms. The molecular weight excluding hydrogens is 290 g/mol. The van der Waals surface area contributed by atoms with Gasteiger partial charge in [-0.2, -0.15) is 0 Å². The third kappa shape index (κ3) is 2.70. The molecule has 112 valence electrons. The number of nitrogens with two attached hydrogens (primary N) is 1. The minimum Gasteiger partial charge on any atom is -0.398 e. The highest BCUT2D eigenvalue weighted by molar-refractivity contribution is 6.30. The van der Waals surface area contributed by atoms with Gasteiger partial charge < -0.3 is 15.5 Å². The van der Waals surface area contributed by atoms with Crippen LogP contribution in [0.5, 0.6) is 0 Å². The summed E-state index contributed by atoms with van der Waals surface area (Å²) in [6.45, 7) is 1.16. The van der Waals surface area contributed by atoms with Crippen molar-refractivity contribution in [1.29, 1.82) is 0 Å². The van der Waals surface area contributed by atoms with Crippen LogP contribution in [0.25, 0.3) is 0 Å². The molecule has 2 aliphatic heterocycles. The fraction of sp³-hybridized carbons (Fsp3) is 0.467. The normalized spacial score (nSPS) is 22.4. The summed E-state index contributed by atoms with van der Waals surface area (Å²) in [7, 11) is 0. The van der Waals surface area contributed by atoms with E-state index in [1.807, 2.05) is 0 Å². The maximum absolute atomic E-state index is 12.6. The number of halogens is 1. The fourth-order valence-corrected chi connectivity index (χ4v) is 3.27. The molecule has 0 spiro atoms. The van der Waals surface area contributed by atoms with Crippen molar-refractivity contribution < 1.29 is 9.59 Å².